The molecule has 14 heavy (non-hydrogen) atoms. The molecule has 1 saturated carbocycles. The lowest BCUT2D eigenvalue weighted by atomic mass is 9.85. The third-order valence-corrected chi connectivity index (χ3v) is 3.60. The van der Waals surface area contributed by atoms with Crippen molar-refractivity contribution in [3.8, 4) is 0 Å². The summed E-state index contributed by atoms with van der Waals surface area (Å²) in [5, 5.41) is 0. The predicted octanol–water partition coefficient (Wildman–Crippen LogP) is 1.99. The van der Waals surface area contributed by atoms with Crippen molar-refractivity contribution in [2.75, 3.05) is 20.2 Å². The SMILES string of the molecule is COC1CC(N2CCCC(C)(F)C2)C1. The normalized spacial score (nSPS) is 44.8. The van der Waals surface area contributed by atoms with Crippen LogP contribution in [0.15, 0.2) is 0 Å². The first kappa shape index (κ1) is 10.4. The van der Waals surface area contributed by atoms with Gasteiger partial charge in [-0.1, -0.05) is 0 Å². The Bertz CT molecular complexity index is 201. The van der Waals surface area contributed by atoms with E-state index in [0.29, 0.717) is 18.7 Å². The van der Waals surface area contributed by atoms with E-state index >= 15 is 0 Å². The van der Waals surface area contributed by atoms with Gasteiger partial charge in [0.15, 0.2) is 0 Å². The molecule has 82 valence electrons. The fraction of sp³-hybridized carbons (Fsp3) is 1.00. The average Bonchev–Trinajstić information content (AvgIpc) is 2.00. The Kier molecular flexibility index (Phi) is 2.80. The standard InChI is InChI=1S/C11H20FNO/c1-11(12)4-3-5-13(8-11)9-6-10(7-9)14-2/h9-10H,3-8H2,1-2H3. The van der Waals surface area contributed by atoms with Gasteiger partial charge in [-0.3, -0.25) is 4.90 Å². The average molecular weight is 201 g/mol. The molecule has 0 radical (unpaired) electrons. The third kappa shape index (κ3) is 2.09. The number of nitrogens with zero attached hydrogens (tertiary/aromatic N) is 1. The monoisotopic (exact) mass is 201 g/mol. The highest BCUT2D eigenvalue weighted by molar-refractivity contribution is 4.93. The molecule has 1 aliphatic carbocycles. The van der Waals surface area contributed by atoms with Gasteiger partial charge < -0.3 is 4.74 Å². The van der Waals surface area contributed by atoms with E-state index in [0.717, 1.165) is 32.2 Å². The lowest BCUT2D eigenvalue weighted by molar-refractivity contribution is -0.0558. The number of halogens is 1. The van der Waals surface area contributed by atoms with Gasteiger partial charge in [0.1, 0.15) is 5.67 Å². The van der Waals surface area contributed by atoms with E-state index in [1.165, 1.54) is 0 Å². The van der Waals surface area contributed by atoms with Crippen LogP contribution in [-0.4, -0.2) is 42.9 Å². The molecule has 1 saturated heterocycles. The van der Waals surface area contributed by atoms with Gasteiger partial charge in [0.2, 0.25) is 0 Å². The summed E-state index contributed by atoms with van der Waals surface area (Å²) in [5.74, 6) is 0. The van der Waals surface area contributed by atoms with Crippen molar-refractivity contribution in [2.45, 2.75) is 50.4 Å². The number of hydrogen-bond donors (Lipinski definition) is 0. The fourth-order valence-electron chi connectivity index (χ4n) is 2.57. The smallest absolute Gasteiger partial charge is 0.120 e. The zero-order valence-corrected chi connectivity index (χ0v) is 9.13. The number of alkyl halides is 1. The van der Waals surface area contributed by atoms with Crippen molar-refractivity contribution >= 4 is 0 Å². The predicted molar refractivity (Wildman–Crippen MR) is 54.1 cm³/mol. The zero-order chi connectivity index (χ0) is 10.2. The summed E-state index contributed by atoms with van der Waals surface area (Å²) in [7, 11) is 1.76. The van der Waals surface area contributed by atoms with Gasteiger partial charge in [-0.15, -0.1) is 0 Å². The molecule has 1 heterocycles. The molecular formula is C11H20FNO. The summed E-state index contributed by atoms with van der Waals surface area (Å²) in [6.07, 6.45) is 4.33. The molecule has 1 unspecified atom stereocenters. The summed E-state index contributed by atoms with van der Waals surface area (Å²) in [4.78, 5) is 2.30. The van der Waals surface area contributed by atoms with Crippen molar-refractivity contribution in [3.63, 3.8) is 0 Å². The van der Waals surface area contributed by atoms with Gasteiger partial charge >= 0.3 is 0 Å². The fourth-order valence-corrected chi connectivity index (χ4v) is 2.57. The van der Waals surface area contributed by atoms with Gasteiger partial charge in [-0.05, 0) is 39.2 Å². The second-order valence-electron chi connectivity index (χ2n) is 4.97. The lowest BCUT2D eigenvalue weighted by Crippen LogP contribution is -2.54. The largest absolute Gasteiger partial charge is 0.381 e. The third-order valence-electron chi connectivity index (χ3n) is 3.60. The molecule has 0 aromatic carbocycles. The number of rotatable bonds is 2. The second kappa shape index (κ2) is 3.78. The summed E-state index contributed by atoms with van der Waals surface area (Å²) in [6, 6.07) is 0.579. The summed E-state index contributed by atoms with van der Waals surface area (Å²) >= 11 is 0. The zero-order valence-electron chi connectivity index (χ0n) is 9.13. The van der Waals surface area contributed by atoms with Crippen LogP contribution in [0, 0.1) is 0 Å². The molecular weight excluding hydrogens is 181 g/mol. The highest BCUT2D eigenvalue weighted by atomic mass is 19.1. The minimum Gasteiger partial charge on any atom is -0.381 e. The van der Waals surface area contributed by atoms with Crippen LogP contribution in [0.3, 0.4) is 0 Å². The topological polar surface area (TPSA) is 12.5 Å². The molecule has 2 fully saturated rings. The molecule has 0 aromatic rings. The van der Waals surface area contributed by atoms with Crippen LogP contribution in [0.1, 0.15) is 32.6 Å². The van der Waals surface area contributed by atoms with Crippen molar-refractivity contribution in [2.24, 2.45) is 0 Å². The molecule has 0 aromatic heterocycles. The minimum atomic E-state index is -0.962. The second-order valence-corrected chi connectivity index (χ2v) is 4.97. The van der Waals surface area contributed by atoms with E-state index < -0.39 is 5.67 Å². The number of piperidine rings is 1. The number of likely N-dealkylation sites (tertiary alicyclic amines) is 1. The molecule has 1 aliphatic heterocycles. The number of ether oxygens (including phenoxy) is 1. The summed E-state index contributed by atoms with van der Waals surface area (Å²) in [6.45, 7) is 3.42. The Balaban J connectivity index is 1.82. The molecule has 0 amide bonds. The van der Waals surface area contributed by atoms with Crippen molar-refractivity contribution < 1.29 is 9.13 Å². The van der Waals surface area contributed by atoms with Gasteiger partial charge in [-0.25, -0.2) is 4.39 Å². The lowest BCUT2D eigenvalue weighted by Gasteiger charge is -2.46. The van der Waals surface area contributed by atoms with Crippen LogP contribution in [0.2, 0.25) is 0 Å². The molecule has 1 atom stereocenters. The van der Waals surface area contributed by atoms with Crippen molar-refractivity contribution in [3.05, 3.63) is 0 Å². The molecule has 3 heteroatoms. The Hall–Kier alpha value is -0.150. The molecule has 0 bridgehead atoms. The van der Waals surface area contributed by atoms with Crippen LogP contribution < -0.4 is 0 Å². The van der Waals surface area contributed by atoms with Crippen LogP contribution in [0.4, 0.5) is 4.39 Å². The molecule has 0 spiro atoms. The Morgan fingerprint density at radius 3 is 2.71 bits per heavy atom. The van der Waals surface area contributed by atoms with Gasteiger partial charge in [0.25, 0.3) is 0 Å². The van der Waals surface area contributed by atoms with Crippen LogP contribution >= 0.6 is 0 Å². The first-order valence-electron chi connectivity index (χ1n) is 5.56. The van der Waals surface area contributed by atoms with E-state index in [9.17, 15) is 4.39 Å². The van der Waals surface area contributed by atoms with E-state index in [-0.39, 0.29) is 0 Å². The highest BCUT2D eigenvalue weighted by Crippen LogP contribution is 2.33. The van der Waals surface area contributed by atoms with Gasteiger partial charge in [0, 0.05) is 19.7 Å². The maximum Gasteiger partial charge on any atom is 0.120 e. The van der Waals surface area contributed by atoms with E-state index in [2.05, 4.69) is 4.90 Å². The van der Waals surface area contributed by atoms with E-state index in [1.807, 2.05) is 0 Å². The molecule has 2 rings (SSSR count). The Morgan fingerprint density at radius 2 is 2.14 bits per heavy atom. The van der Waals surface area contributed by atoms with Gasteiger partial charge in [-0.2, -0.15) is 0 Å². The molecule has 2 aliphatic rings. The van der Waals surface area contributed by atoms with Crippen molar-refractivity contribution in [1.29, 1.82) is 0 Å². The van der Waals surface area contributed by atoms with Crippen LogP contribution in [-0.2, 0) is 4.74 Å². The summed E-state index contributed by atoms with van der Waals surface area (Å²) < 4.78 is 19.0. The minimum absolute atomic E-state index is 0.424. The Labute approximate surface area is 85.4 Å². The first-order chi connectivity index (χ1) is 6.61. The first-order valence-corrected chi connectivity index (χ1v) is 5.56. The van der Waals surface area contributed by atoms with Gasteiger partial charge in [0.05, 0.1) is 6.10 Å². The van der Waals surface area contributed by atoms with Crippen molar-refractivity contribution in [1.82, 2.24) is 4.90 Å². The Morgan fingerprint density at radius 1 is 1.43 bits per heavy atom. The number of hydrogen-bond acceptors (Lipinski definition) is 2. The quantitative estimate of drug-likeness (QED) is 0.677. The maximum absolute atomic E-state index is 13.7. The molecule has 0 N–H and O–H groups in total. The van der Waals surface area contributed by atoms with Crippen LogP contribution in [0.5, 0.6) is 0 Å². The van der Waals surface area contributed by atoms with E-state index in [1.54, 1.807) is 14.0 Å². The molecule has 2 nitrogen and oxygen atoms in total. The van der Waals surface area contributed by atoms with Crippen LogP contribution in [0.25, 0.3) is 0 Å². The van der Waals surface area contributed by atoms with E-state index in [4.69, 9.17) is 4.74 Å². The highest BCUT2D eigenvalue weighted by Gasteiger charge is 2.39. The summed E-state index contributed by atoms with van der Waals surface area (Å²) in [5.41, 5.74) is -0.962. The number of methoxy groups -OCH3 is 1. The maximum atomic E-state index is 13.7.